The lowest BCUT2D eigenvalue weighted by Crippen LogP contribution is -2.52. The average Bonchev–Trinajstić information content (AvgIpc) is 3.37. The molecule has 2 heterocycles. The molecular weight excluding hydrogens is 520 g/mol. The molecule has 5 rings (SSSR count). The Morgan fingerprint density at radius 3 is 2.68 bits per heavy atom. The molecule has 2 aromatic carbocycles. The number of methoxy groups -OCH3 is 1. The van der Waals surface area contributed by atoms with Gasteiger partial charge in [-0.05, 0) is 66.8 Å². The van der Waals surface area contributed by atoms with E-state index in [1.165, 1.54) is 12.7 Å². The van der Waals surface area contributed by atoms with Crippen LogP contribution in [0.25, 0.3) is 11.1 Å². The first-order chi connectivity index (χ1) is 19.6. The Hall–Kier alpha value is -3.07. The molecule has 1 aliphatic carbocycles. The predicted molar refractivity (Wildman–Crippen MR) is 158 cm³/mol. The van der Waals surface area contributed by atoms with Crippen molar-refractivity contribution in [1.82, 2.24) is 10.6 Å². The highest BCUT2D eigenvalue weighted by Crippen LogP contribution is 2.53. The second kappa shape index (κ2) is 12.0. The standard InChI is InChI=1S/C33H44N2O6/c1-6-8-25(35-30(37)19-38-5)27(36)18-34-26-17-33(11-7-12-33)41-31-23(13-21(14-24(26)31)16-32(2,3)4)22-9-10-28-29(15-22)40-20-39-28/h6,9-10,13-15,25-27,34,36H,1,7-8,11-12,16-20H2,2-5H3,(H,35,37)/t25-,26-,27+/m0/s1. The number of carbonyl (C=O) groups excluding carboxylic acids is 1. The van der Waals surface area contributed by atoms with Crippen LogP contribution in [-0.4, -0.2) is 55.8 Å². The highest BCUT2D eigenvalue weighted by Gasteiger charge is 2.46. The zero-order chi connectivity index (χ0) is 29.2. The van der Waals surface area contributed by atoms with E-state index in [1.807, 2.05) is 12.1 Å². The Bertz CT molecular complexity index is 1270. The van der Waals surface area contributed by atoms with E-state index in [-0.39, 0.29) is 36.4 Å². The van der Waals surface area contributed by atoms with Crippen molar-refractivity contribution < 1.29 is 28.8 Å². The van der Waals surface area contributed by atoms with Crippen LogP contribution in [0.2, 0.25) is 0 Å². The fourth-order valence-electron chi connectivity index (χ4n) is 6.16. The molecule has 222 valence electrons. The van der Waals surface area contributed by atoms with Crippen molar-refractivity contribution in [2.75, 3.05) is 27.1 Å². The third-order valence-electron chi connectivity index (χ3n) is 8.21. The molecule has 1 saturated carbocycles. The minimum atomic E-state index is -0.802. The van der Waals surface area contributed by atoms with Gasteiger partial charge in [0.2, 0.25) is 12.7 Å². The number of rotatable bonds is 11. The van der Waals surface area contributed by atoms with Crippen LogP contribution in [-0.2, 0) is 16.0 Å². The van der Waals surface area contributed by atoms with E-state index in [0.717, 1.165) is 66.0 Å². The Kier molecular flexibility index (Phi) is 8.64. The zero-order valence-electron chi connectivity index (χ0n) is 24.8. The van der Waals surface area contributed by atoms with Gasteiger partial charge in [-0.15, -0.1) is 6.58 Å². The average molecular weight is 565 g/mol. The quantitative estimate of drug-likeness (QED) is 0.328. The Balaban J connectivity index is 1.48. The minimum absolute atomic E-state index is 0.0135. The second-order valence-corrected chi connectivity index (χ2v) is 12.9. The maximum Gasteiger partial charge on any atom is 0.246 e. The molecule has 2 aromatic rings. The molecule has 8 heteroatoms. The zero-order valence-corrected chi connectivity index (χ0v) is 24.8. The molecule has 1 fully saturated rings. The summed E-state index contributed by atoms with van der Waals surface area (Å²) < 4.78 is 23.1. The summed E-state index contributed by atoms with van der Waals surface area (Å²) in [7, 11) is 1.48. The van der Waals surface area contributed by atoms with Gasteiger partial charge in [0.25, 0.3) is 0 Å². The van der Waals surface area contributed by atoms with Crippen LogP contribution in [0, 0.1) is 5.41 Å². The summed E-state index contributed by atoms with van der Waals surface area (Å²) in [6, 6.07) is 10.1. The predicted octanol–water partition coefficient (Wildman–Crippen LogP) is 5.08. The van der Waals surface area contributed by atoms with E-state index in [1.54, 1.807) is 6.08 Å². The number of ether oxygens (including phenoxy) is 4. The fourth-order valence-corrected chi connectivity index (χ4v) is 6.16. The lowest BCUT2D eigenvalue weighted by molar-refractivity contribution is -0.126. The second-order valence-electron chi connectivity index (χ2n) is 12.9. The van der Waals surface area contributed by atoms with Crippen molar-refractivity contribution in [2.24, 2.45) is 5.41 Å². The minimum Gasteiger partial charge on any atom is -0.486 e. The van der Waals surface area contributed by atoms with Gasteiger partial charge in [0.1, 0.15) is 18.0 Å². The number of aliphatic hydroxyl groups is 1. The smallest absolute Gasteiger partial charge is 0.246 e. The molecule has 0 bridgehead atoms. The molecular formula is C33H44N2O6. The number of nitrogens with one attached hydrogen (secondary N) is 2. The molecule has 3 atom stereocenters. The number of benzene rings is 2. The van der Waals surface area contributed by atoms with Crippen molar-refractivity contribution in [3.63, 3.8) is 0 Å². The van der Waals surface area contributed by atoms with Gasteiger partial charge < -0.3 is 34.7 Å². The lowest BCUT2D eigenvalue weighted by Gasteiger charge is -2.49. The maximum atomic E-state index is 12.2. The topological polar surface area (TPSA) is 98.3 Å². The van der Waals surface area contributed by atoms with E-state index in [2.05, 4.69) is 56.2 Å². The van der Waals surface area contributed by atoms with Crippen LogP contribution < -0.4 is 24.8 Å². The third kappa shape index (κ3) is 6.71. The summed E-state index contributed by atoms with van der Waals surface area (Å²) >= 11 is 0. The highest BCUT2D eigenvalue weighted by molar-refractivity contribution is 5.78. The van der Waals surface area contributed by atoms with Gasteiger partial charge in [0, 0.05) is 37.2 Å². The summed E-state index contributed by atoms with van der Waals surface area (Å²) in [5.74, 6) is 2.14. The third-order valence-corrected chi connectivity index (χ3v) is 8.21. The van der Waals surface area contributed by atoms with Crippen LogP contribution in [0.15, 0.2) is 43.0 Å². The summed E-state index contributed by atoms with van der Waals surface area (Å²) in [6.07, 6.45) is 6.25. The van der Waals surface area contributed by atoms with Gasteiger partial charge in [0.15, 0.2) is 11.5 Å². The van der Waals surface area contributed by atoms with Crippen LogP contribution in [0.5, 0.6) is 17.2 Å². The number of carbonyl (C=O) groups is 1. The first kappa shape index (κ1) is 29.4. The molecule has 3 aliphatic rings. The molecule has 1 amide bonds. The van der Waals surface area contributed by atoms with Gasteiger partial charge in [-0.3, -0.25) is 4.79 Å². The van der Waals surface area contributed by atoms with E-state index in [4.69, 9.17) is 18.9 Å². The van der Waals surface area contributed by atoms with Gasteiger partial charge in [-0.1, -0.05) is 39.0 Å². The molecule has 2 aliphatic heterocycles. The molecule has 41 heavy (non-hydrogen) atoms. The largest absolute Gasteiger partial charge is 0.486 e. The number of hydrogen-bond acceptors (Lipinski definition) is 7. The number of aliphatic hydroxyl groups excluding tert-OH is 1. The monoisotopic (exact) mass is 564 g/mol. The normalized spacial score (nSPS) is 20.0. The van der Waals surface area contributed by atoms with E-state index in [9.17, 15) is 9.90 Å². The Morgan fingerprint density at radius 2 is 2.00 bits per heavy atom. The summed E-state index contributed by atoms with van der Waals surface area (Å²) in [4.78, 5) is 12.2. The van der Waals surface area contributed by atoms with Crippen molar-refractivity contribution >= 4 is 5.91 Å². The van der Waals surface area contributed by atoms with Crippen LogP contribution >= 0.6 is 0 Å². The summed E-state index contributed by atoms with van der Waals surface area (Å²) in [6.45, 7) is 11.0. The Labute approximate surface area is 243 Å². The van der Waals surface area contributed by atoms with E-state index in [0.29, 0.717) is 13.0 Å². The number of hydrogen-bond donors (Lipinski definition) is 3. The Morgan fingerprint density at radius 1 is 1.22 bits per heavy atom. The summed E-state index contributed by atoms with van der Waals surface area (Å²) in [5.41, 5.74) is 4.30. The number of fused-ring (bicyclic) bond motifs is 2. The van der Waals surface area contributed by atoms with Gasteiger partial charge in [-0.25, -0.2) is 0 Å². The summed E-state index contributed by atoms with van der Waals surface area (Å²) in [5, 5.41) is 17.7. The van der Waals surface area contributed by atoms with Gasteiger partial charge >= 0.3 is 0 Å². The molecule has 8 nitrogen and oxygen atoms in total. The highest BCUT2D eigenvalue weighted by atomic mass is 16.7. The van der Waals surface area contributed by atoms with Crippen molar-refractivity contribution in [3.8, 4) is 28.4 Å². The van der Waals surface area contributed by atoms with Crippen molar-refractivity contribution in [3.05, 3.63) is 54.1 Å². The first-order valence-electron chi connectivity index (χ1n) is 14.7. The van der Waals surface area contributed by atoms with Crippen LogP contribution in [0.4, 0.5) is 0 Å². The maximum absolute atomic E-state index is 12.2. The first-order valence-corrected chi connectivity index (χ1v) is 14.7. The molecule has 0 saturated heterocycles. The van der Waals surface area contributed by atoms with Crippen molar-refractivity contribution in [1.29, 1.82) is 0 Å². The fraction of sp³-hybridized carbons (Fsp3) is 0.545. The van der Waals surface area contributed by atoms with E-state index >= 15 is 0 Å². The lowest BCUT2D eigenvalue weighted by atomic mass is 9.72. The molecule has 0 unspecified atom stereocenters. The molecule has 1 spiro atoms. The van der Waals surface area contributed by atoms with Gasteiger partial charge in [-0.2, -0.15) is 0 Å². The van der Waals surface area contributed by atoms with Crippen LogP contribution in [0.3, 0.4) is 0 Å². The SMILES string of the molecule is C=CC[C@H](NC(=O)COC)[C@H](O)CN[C@H]1CC2(CCC2)Oc2c(-c3ccc4c(c3)OCO4)cc(CC(C)(C)C)cc21. The van der Waals surface area contributed by atoms with E-state index < -0.39 is 12.1 Å². The molecule has 0 radical (unpaired) electrons. The van der Waals surface area contributed by atoms with Crippen LogP contribution in [0.1, 0.15) is 70.0 Å². The van der Waals surface area contributed by atoms with Gasteiger partial charge in [0.05, 0.1) is 12.1 Å². The van der Waals surface area contributed by atoms with Crippen molar-refractivity contribution in [2.45, 2.75) is 83.1 Å². The molecule has 3 N–H and O–H groups in total. The molecule has 0 aromatic heterocycles. The number of amides is 1.